The van der Waals surface area contributed by atoms with Crippen LogP contribution in [0.25, 0.3) is 0 Å². The highest BCUT2D eigenvalue weighted by atomic mass is 79.9. The summed E-state index contributed by atoms with van der Waals surface area (Å²) in [5.41, 5.74) is 2.08. The van der Waals surface area contributed by atoms with Crippen molar-refractivity contribution in [2.75, 3.05) is 13.2 Å². The summed E-state index contributed by atoms with van der Waals surface area (Å²) < 4.78 is 6.46. The Morgan fingerprint density at radius 1 is 0.960 bits per heavy atom. The van der Waals surface area contributed by atoms with Crippen LogP contribution in [0.4, 0.5) is 0 Å². The van der Waals surface area contributed by atoms with Gasteiger partial charge >= 0.3 is 5.97 Å². The van der Waals surface area contributed by atoms with Crippen LogP contribution < -0.4 is 10.1 Å². The van der Waals surface area contributed by atoms with Gasteiger partial charge < -0.3 is 15.2 Å². The highest BCUT2D eigenvalue weighted by Crippen LogP contribution is 2.13. The summed E-state index contributed by atoms with van der Waals surface area (Å²) in [5, 5.41) is 11.5. The van der Waals surface area contributed by atoms with Crippen molar-refractivity contribution in [2.24, 2.45) is 0 Å². The summed E-state index contributed by atoms with van der Waals surface area (Å²) in [4.78, 5) is 22.3. The number of ether oxygens (including phenoxy) is 1. The largest absolute Gasteiger partial charge is 0.484 e. The SMILES string of the molecule is O=C(O)CCc1ccc(OCC(=O)NCCc2ccc(Br)cc2)cc1. The minimum Gasteiger partial charge on any atom is -0.484 e. The van der Waals surface area contributed by atoms with Crippen LogP contribution in [0.5, 0.6) is 5.75 Å². The molecule has 0 radical (unpaired) electrons. The van der Waals surface area contributed by atoms with Crippen LogP contribution in [0.2, 0.25) is 0 Å². The van der Waals surface area contributed by atoms with Gasteiger partial charge in [-0.1, -0.05) is 40.2 Å². The molecule has 2 rings (SSSR count). The molecule has 1 amide bonds. The van der Waals surface area contributed by atoms with Gasteiger partial charge in [0.25, 0.3) is 5.91 Å². The Morgan fingerprint density at radius 3 is 2.20 bits per heavy atom. The van der Waals surface area contributed by atoms with Gasteiger partial charge in [0, 0.05) is 17.4 Å². The van der Waals surface area contributed by atoms with E-state index in [0.717, 1.165) is 22.0 Å². The molecule has 0 bridgehead atoms. The van der Waals surface area contributed by atoms with Crippen LogP contribution >= 0.6 is 15.9 Å². The van der Waals surface area contributed by atoms with Gasteiger partial charge in [-0.05, 0) is 48.2 Å². The van der Waals surface area contributed by atoms with Gasteiger partial charge in [-0.3, -0.25) is 9.59 Å². The Morgan fingerprint density at radius 2 is 1.56 bits per heavy atom. The van der Waals surface area contributed by atoms with E-state index in [1.165, 1.54) is 0 Å². The van der Waals surface area contributed by atoms with Crippen molar-refractivity contribution in [1.29, 1.82) is 0 Å². The number of hydrogen-bond acceptors (Lipinski definition) is 3. The summed E-state index contributed by atoms with van der Waals surface area (Å²) in [7, 11) is 0. The maximum absolute atomic E-state index is 11.8. The van der Waals surface area contributed by atoms with E-state index >= 15 is 0 Å². The maximum Gasteiger partial charge on any atom is 0.303 e. The first-order valence-electron chi connectivity index (χ1n) is 7.97. The van der Waals surface area contributed by atoms with E-state index < -0.39 is 5.97 Å². The number of benzene rings is 2. The second-order valence-electron chi connectivity index (χ2n) is 5.55. The molecule has 0 aliphatic heterocycles. The van der Waals surface area contributed by atoms with Crippen LogP contribution in [-0.2, 0) is 22.4 Å². The lowest BCUT2D eigenvalue weighted by atomic mass is 10.1. The molecule has 0 saturated carbocycles. The third-order valence-electron chi connectivity index (χ3n) is 3.57. The van der Waals surface area contributed by atoms with Crippen molar-refractivity contribution < 1.29 is 19.4 Å². The average Bonchev–Trinajstić information content (AvgIpc) is 2.61. The lowest BCUT2D eigenvalue weighted by Gasteiger charge is -2.08. The van der Waals surface area contributed by atoms with Crippen LogP contribution in [-0.4, -0.2) is 30.1 Å². The van der Waals surface area contributed by atoms with Crippen LogP contribution in [0.3, 0.4) is 0 Å². The van der Waals surface area contributed by atoms with E-state index in [1.54, 1.807) is 12.1 Å². The van der Waals surface area contributed by atoms with Gasteiger partial charge in [-0.2, -0.15) is 0 Å². The molecule has 0 spiro atoms. The first-order chi connectivity index (χ1) is 12.0. The van der Waals surface area contributed by atoms with E-state index in [2.05, 4.69) is 21.2 Å². The monoisotopic (exact) mass is 405 g/mol. The molecule has 2 aromatic carbocycles. The topological polar surface area (TPSA) is 75.6 Å². The van der Waals surface area contributed by atoms with Crippen molar-refractivity contribution >= 4 is 27.8 Å². The molecule has 2 aromatic rings. The molecular weight excluding hydrogens is 386 g/mol. The number of amides is 1. The third kappa shape index (κ3) is 7.39. The molecule has 0 atom stereocenters. The smallest absolute Gasteiger partial charge is 0.303 e. The second-order valence-corrected chi connectivity index (χ2v) is 6.47. The predicted octanol–water partition coefficient (Wildman–Crippen LogP) is 3.20. The van der Waals surface area contributed by atoms with Crippen molar-refractivity contribution in [3.63, 3.8) is 0 Å². The Balaban J connectivity index is 1.67. The number of aliphatic carboxylic acids is 1. The van der Waals surface area contributed by atoms with Crippen molar-refractivity contribution in [1.82, 2.24) is 5.32 Å². The minimum atomic E-state index is -0.819. The fraction of sp³-hybridized carbons (Fsp3) is 0.263. The molecule has 0 aliphatic carbocycles. The molecule has 0 fully saturated rings. The number of aryl methyl sites for hydroxylation is 1. The Kier molecular flexibility index (Phi) is 7.47. The number of halogens is 1. The molecule has 0 aromatic heterocycles. The Hall–Kier alpha value is -2.34. The molecule has 0 heterocycles. The predicted molar refractivity (Wildman–Crippen MR) is 98.7 cm³/mol. The first-order valence-corrected chi connectivity index (χ1v) is 8.77. The standard InChI is InChI=1S/C19H20BrNO4/c20-16-6-1-15(2-7-16)11-12-21-18(22)13-25-17-8-3-14(4-9-17)5-10-19(23)24/h1-4,6-9H,5,10-13H2,(H,21,22)(H,23,24). The number of rotatable bonds is 9. The lowest BCUT2D eigenvalue weighted by Crippen LogP contribution is -2.30. The summed E-state index contributed by atoms with van der Waals surface area (Å²) in [6, 6.07) is 15.1. The van der Waals surface area contributed by atoms with Gasteiger partial charge in [-0.15, -0.1) is 0 Å². The highest BCUT2D eigenvalue weighted by molar-refractivity contribution is 9.10. The fourth-order valence-electron chi connectivity index (χ4n) is 2.20. The van der Waals surface area contributed by atoms with E-state index in [1.807, 2.05) is 36.4 Å². The maximum atomic E-state index is 11.8. The van der Waals surface area contributed by atoms with Crippen molar-refractivity contribution in [3.05, 3.63) is 64.1 Å². The zero-order valence-electron chi connectivity index (χ0n) is 13.7. The van der Waals surface area contributed by atoms with Gasteiger partial charge in [0.2, 0.25) is 0 Å². The van der Waals surface area contributed by atoms with Gasteiger partial charge in [0.15, 0.2) is 6.61 Å². The average molecular weight is 406 g/mol. The zero-order valence-corrected chi connectivity index (χ0v) is 15.3. The van der Waals surface area contributed by atoms with Gasteiger partial charge in [0.05, 0.1) is 0 Å². The number of carboxylic acid groups (broad SMARTS) is 1. The molecule has 5 nitrogen and oxygen atoms in total. The zero-order chi connectivity index (χ0) is 18.1. The molecule has 6 heteroatoms. The van der Waals surface area contributed by atoms with E-state index in [4.69, 9.17) is 9.84 Å². The number of carbonyl (C=O) groups excluding carboxylic acids is 1. The summed E-state index contributed by atoms with van der Waals surface area (Å²) in [6.45, 7) is 0.507. The second kappa shape index (κ2) is 9.84. The highest BCUT2D eigenvalue weighted by Gasteiger charge is 2.04. The summed E-state index contributed by atoms with van der Waals surface area (Å²) in [5.74, 6) is -0.408. The summed E-state index contributed by atoms with van der Waals surface area (Å²) in [6.07, 6.45) is 1.34. The Bertz CT molecular complexity index is 698. The van der Waals surface area contributed by atoms with E-state index in [0.29, 0.717) is 18.7 Å². The molecule has 132 valence electrons. The number of carbonyl (C=O) groups is 2. The van der Waals surface area contributed by atoms with Crippen molar-refractivity contribution in [3.8, 4) is 5.75 Å². The normalized spacial score (nSPS) is 10.3. The van der Waals surface area contributed by atoms with E-state index in [-0.39, 0.29) is 18.9 Å². The van der Waals surface area contributed by atoms with Gasteiger partial charge in [0.1, 0.15) is 5.75 Å². The number of hydrogen-bond donors (Lipinski definition) is 2. The van der Waals surface area contributed by atoms with Crippen LogP contribution in [0, 0.1) is 0 Å². The molecule has 0 saturated heterocycles. The molecule has 0 aliphatic rings. The Labute approximate surface area is 155 Å². The third-order valence-corrected chi connectivity index (χ3v) is 4.10. The first kappa shape index (κ1) is 19.0. The number of nitrogens with one attached hydrogen (secondary N) is 1. The molecular formula is C19H20BrNO4. The van der Waals surface area contributed by atoms with Crippen LogP contribution in [0.1, 0.15) is 17.5 Å². The van der Waals surface area contributed by atoms with Crippen molar-refractivity contribution in [2.45, 2.75) is 19.3 Å². The van der Waals surface area contributed by atoms with Gasteiger partial charge in [-0.25, -0.2) is 0 Å². The molecule has 25 heavy (non-hydrogen) atoms. The minimum absolute atomic E-state index is 0.0468. The molecule has 2 N–H and O–H groups in total. The van der Waals surface area contributed by atoms with E-state index in [9.17, 15) is 9.59 Å². The number of carboxylic acids is 1. The summed E-state index contributed by atoms with van der Waals surface area (Å²) >= 11 is 3.39. The lowest BCUT2D eigenvalue weighted by molar-refractivity contribution is -0.137. The quantitative estimate of drug-likeness (QED) is 0.671. The molecule has 0 unspecified atom stereocenters. The fourth-order valence-corrected chi connectivity index (χ4v) is 2.47. The van der Waals surface area contributed by atoms with Crippen LogP contribution in [0.15, 0.2) is 53.0 Å².